The van der Waals surface area contributed by atoms with Crippen molar-refractivity contribution >= 4 is 5.91 Å². The van der Waals surface area contributed by atoms with Crippen LogP contribution < -0.4 is 4.74 Å². The maximum absolute atomic E-state index is 12.6. The first-order valence-corrected chi connectivity index (χ1v) is 6.15. The number of ether oxygens (including phenoxy) is 1. The summed E-state index contributed by atoms with van der Waals surface area (Å²) in [6.45, 7) is 4.28. The number of amides is 1. The number of carbonyl (C=O) groups excluding carboxylic acids is 1. The Hall–Kier alpha value is -1.98. The van der Waals surface area contributed by atoms with Crippen molar-refractivity contribution in [2.75, 3.05) is 13.1 Å². The molecule has 1 aromatic carbocycles. The lowest BCUT2D eigenvalue weighted by molar-refractivity contribution is -0.137. The Morgan fingerprint density at radius 1 is 1.45 bits per heavy atom. The average Bonchev–Trinajstić information content (AvgIpc) is 2.85. The third-order valence-electron chi connectivity index (χ3n) is 3.10. The molecule has 0 spiro atoms. The van der Waals surface area contributed by atoms with Gasteiger partial charge >= 0.3 is 6.18 Å². The van der Waals surface area contributed by atoms with Crippen molar-refractivity contribution < 1.29 is 22.7 Å². The number of hydrogen-bond donors (Lipinski definition) is 0. The van der Waals surface area contributed by atoms with Gasteiger partial charge in [0.1, 0.15) is 11.9 Å². The molecule has 1 atom stereocenters. The average molecular weight is 285 g/mol. The summed E-state index contributed by atoms with van der Waals surface area (Å²) >= 11 is 0. The molecule has 1 aliphatic rings. The Bertz CT molecular complexity index is 513. The van der Waals surface area contributed by atoms with Gasteiger partial charge in [-0.05, 0) is 24.3 Å². The van der Waals surface area contributed by atoms with Crippen LogP contribution in [0.3, 0.4) is 0 Å². The predicted molar refractivity (Wildman–Crippen MR) is 67.3 cm³/mol. The van der Waals surface area contributed by atoms with Crippen molar-refractivity contribution in [1.29, 1.82) is 0 Å². The second kappa shape index (κ2) is 5.56. The number of alkyl halides is 3. The largest absolute Gasteiger partial charge is 0.489 e. The van der Waals surface area contributed by atoms with E-state index in [1.165, 1.54) is 18.2 Å². The molecule has 1 fully saturated rings. The van der Waals surface area contributed by atoms with E-state index in [1.807, 2.05) is 0 Å². The van der Waals surface area contributed by atoms with Crippen LogP contribution in [-0.2, 0) is 11.0 Å². The maximum Gasteiger partial charge on any atom is 0.416 e. The van der Waals surface area contributed by atoms with Crippen LogP contribution in [0.2, 0.25) is 0 Å². The van der Waals surface area contributed by atoms with Gasteiger partial charge in [0.25, 0.3) is 0 Å². The molecule has 0 saturated carbocycles. The third kappa shape index (κ3) is 3.31. The molecular weight excluding hydrogens is 271 g/mol. The van der Waals surface area contributed by atoms with Gasteiger partial charge in [0.2, 0.25) is 5.91 Å². The van der Waals surface area contributed by atoms with Gasteiger partial charge in [-0.1, -0.05) is 12.6 Å². The highest BCUT2D eigenvalue weighted by Gasteiger charge is 2.31. The topological polar surface area (TPSA) is 29.5 Å². The summed E-state index contributed by atoms with van der Waals surface area (Å²) < 4.78 is 43.2. The number of carbonyl (C=O) groups is 1. The highest BCUT2D eigenvalue weighted by Crippen LogP contribution is 2.31. The van der Waals surface area contributed by atoms with Gasteiger partial charge in [0.15, 0.2) is 0 Å². The zero-order chi connectivity index (χ0) is 14.8. The summed E-state index contributed by atoms with van der Waals surface area (Å²) in [5.41, 5.74) is -0.743. The molecule has 1 aliphatic heterocycles. The van der Waals surface area contributed by atoms with Crippen LogP contribution in [0.15, 0.2) is 36.9 Å². The van der Waals surface area contributed by atoms with E-state index in [1.54, 1.807) is 4.90 Å². The molecule has 0 aliphatic carbocycles. The minimum Gasteiger partial charge on any atom is -0.489 e. The quantitative estimate of drug-likeness (QED) is 0.799. The van der Waals surface area contributed by atoms with Crippen LogP contribution in [-0.4, -0.2) is 30.0 Å². The fourth-order valence-corrected chi connectivity index (χ4v) is 2.09. The van der Waals surface area contributed by atoms with Crippen molar-refractivity contribution in [3.05, 3.63) is 42.5 Å². The molecule has 3 nitrogen and oxygen atoms in total. The second-order valence-corrected chi connectivity index (χ2v) is 4.54. The lowest BCUT2D eigenvalue weighted by Gasteiger charge is -2.16. The molecule has 1 heterocycles. The molecule has 108 valence electrons. The van der Waals surface area contributed by atoms with E-state index in [0.717, 1.165) is 12.1 Å². The van der Waals surface area contributed by atoms with Gasteiger partial charge < -0.3 is 9.64 Å². The van der Waals surface area contributed by atoms with E-state index in [0.29, 0.717) is 19.5 Å². The Kier molecular flexibility index (Phi) is 4.01. The van der Waals surface area contributed by atoms with E-state index in [2.05, 4.69) is 6.58 Å². The van der Waals surface area contributed by atoms with Crippen LogP contribution in [0.1, 0.15) is 12.0 Å². The normalized spacial score (nSPS) is 18.9. The molecule has 0 N–H and O–H groups in total. The van der Waals surface area contributed by atoms with Crippen molar-refractivity contribution in [1.82, 2.24) is 4.90 Å². The van der Waals surface area contributed by atoms with Gasteiger partial charge in [-0.2, -0.15) is 13.2 Å². The highest BCUT2D eigenvalue weighted by atomic mass is 19.4. The van der Waals surface area contributed by atoms with Gasteiger partial charge in [-0.3, -0.25) is 4.79 Å². The predicted octanol–water partition coefficient (Wildman–Crippen LogP) is 2.87. The number of nitrogens with zero attached hydrogens (tertiary/aromatic N) is 1. The Morgan fingerprint density at radius 3 is 2.85 bits per heavy atom. The fourth-order valence-electron chi connectivity index (χ4n) is 2.09. The number of halogens is 3. The number of rotatable bonds is 3. The number of hydrogen-bond acceptors (Lipinski definition) is 2. The zero-order valence-electron chi connectivity index (χ0n) is 10.7. The van der Waals surface area contributed by atoms with Gasteiger partial charge in [0, 0.05) is 13.0 Å². The molecular formula is C14H14F3NO2. The molecule has 1 saturated heterocycles. The summed E-state index contributed by atoms with van der Waals surface area (Å²) in [4.78, 5) is 13.0. The van der Waals surface area contributed by atoms with E-state index >= 15 is 0 Å². The molecule has 0 radical (unpaired) electrons. The zero-order valence-corrected chi connectivity index (χ0v) is 10.7. The summed E-state index contributed by atoms with van der Waals surface area (Å²) in [6, 6.07) is 4.75. The van der Waals surface area contributed by atoms with Crippen LogP contribution in [0, 0.1) is 0 Å². The SMILES string of the molecule is C=CC(=O)N1CCC(Oc2cccc(C(F)(F)F)c2)C1. The van der Waals surface area contributed by atoms with E-state index in [9.17, 15) is 18.0 Å². The molecule has 2 rings (SSSR count). The third-order valence-corrected chi connectivity index (χ3v) is 3.10. The molecule has 1 amide bonds. The fraction of sp³-hybridized carbons (Fsp3) is 0.357. The van der Waals surface area contributed by atoms with Gasteiger partial charge in [0.05, 0.1) is 12.1 Å². The Balaban J connectivity index is 2.01. The molecule has 1 aromatic rings. The first-order valence-electron chi connectivity index (χ1n) is 6.15. The second-order valence-electron chi connectivity index (χ2n) is 4.54. The minimum atomic E-state index is -4.39. The molecule has 0 aromatic heterocycles. The molecule has 6 heteroatoms. The highest BCUT2D eigenvalue weighted by molar-refractivity contribution is 5.87. The summed E-state index contributed by atoms with van der Waals surface area (Å²) in [7, 11) is 0. The van der Waals surface area contributed by atoms with Crippen LogP contribution in [0.25, 0.3) is 0 Å². The minimum absolute atomic E-state index is 0.165. The van der Waals surface area contributed by atoms with Gasteiger partial charge in [-0.25, -0.2) is 0 Å². The standard InChI is InChI=1S/C14H14F3NO2/c1-2-13(19)18-7-6-12(9-18)20-11-5-3-4-10(8-11)14(15,16)17/h2-5,8,12H,1,6-7,9H2. The molecule has 0 bridgehead atoms. The van der Waals surface area contributed by atoms with Gasteiger partial charge in [-0.15, -0.1) is 0 Å². The van der Waals surface area contributed by atoms with E-state index in [-0.39, 0.29) is 17.8 Å². The number of likely N-dealkylation sites (tertiary alicyclic amines) is 1. The van der Waals surface area contributed by atoms with E-state index in [4.69, 9.17) is 4.74 Å². The maximum atomic E-state index is 12.6. The van der Waals surface area contributed by atoms with Crippen LogP contribution >= 0.6 is 0 Å². The van der Waals surface area contributed by atoms with E-state index < -0.39 is 11.7 Å². The summed E-state index contributed by atoms with van der Waals surface area (Å²) in [5, 5.41) is 0. The molecule has 1 unspecified atom stereocenters. The monoisotopic (exact) mass is 285 g/mol. The smallest absolute Gasteiger partial charge is 0.416 e. The lowest BCUT2D eigenvalue weighted by atomic mass is 10.2. The Labute approximate surface area is 114 Å². The lowest BCUT2D eigenvalue weighted by Crippen LogP contribution is -2.29. The van der Waals surface area contributed by atoms with Crippen LogP contribution in [0.5, 0.6) is 5.75 Å². The summed E-state index contributed by atoms with van der Waals surface area (Å²) in [6.07, 6.45) is -2.87. The number of benzene rings is 1. The first kappa shape index (κ1) is 14.4. The van der Waals surface area contributed by atoms with Crippen molar-refractivity contribution in [3.8, 4) is 5.75 Å². The van der Waals surface area contributed by atoms with Crippen LogP contribution in [0.4, 0.5) is 13.2 Å². The first-order chi connectivity index (χ1) is 9.40. The van der Waals surface area contributed by atoms with Crippen molar-refractivity contribution in [2.45, 2.75) is 18.7 Å². The van der Waals surface area contributed by atoms with Crippen molar-refractivity contribution in [3.63, 3.8) is 0 Å². The van der Waals surface area contributed by atoms with Crippen molar-refractivity contribution in [2.24, 2.45) is 0 Å². The summed E-state index contributed by atoms with van der Waals surface area (Å²) in [5.74, 6) is -0.0298. The Morgan fingerprint density at radius 2 is 2.20 bits per heavy atom. The molecule has 20 heavy (non-hydrogen) atoms.